The second-order valence-electron chi connectivity index (χ2n) is 6.12. The van der Waals surface area contributed by atoms with Crippen molar-refractivity contribution in [1.82, 2.24) is 10.2 Å². The predicted octanol–water partition coefficient (Wildman–Crippen LogP) is 4.48. The molecule has 0 spiro atoms. The largest absolute Gasteiger partial charge is 0.490 e. The number of thiophene rings is 1. The minimum atomic E-state index is -0.512. The highest BCUT2D eigenvalue weighted by Crippen LogP contribution is 2.30. The average molecular weight is 465 g/mol. The Morgan fingerprint density at radius 3 is 2.93 bits per heavy atom. The lowest BCUT2D eigenvalue weighted by atomic mass is 10.2. The number of aromatic nitrogens is 2. The summed E-state index contributed by atoms with van der Waals surface area (Å²) in [6, 6.07) is 10.7. The van der Waals surface area contributed by atoms with Gasteiger partial charge in [0.1, 0.15) is 17.9 Å². The van der Waals surface area contributed by atoms with E-state index in [4.69, 9.17) is 18.6 Å². The SMILES string of the molecule is O=C(OCc1nnc(-c2ccc(Br)s2)o1)c1ccccc1OCC1CCCO1. The number of para-hydroxylation sites is 1. The number of hydrogen-bond donors (Lipinski definition) is 0. The standard InChI is InChI=1S/C19H17BrN2O5S/c20-16-8-7-15(28-16)18-22-21-17(27-18)11-26-19(23)13-5-1-2-6-14(13)25-10-12-4-3-9-24-12/h1-2,5-8,12H,3-4,9-11H2. The van der Waals surface area contributed by atoms with Crippen molar-refractivity contribution in [3.8, 4) is 16.5 Å². The molecule has 0 N–H and O–H groups in total. The van der Waals surface area contributed by atoms with Crippen LogP contribution < -0.4 is 4.74 Å². The van der Waals surface area contributed by atoms with Gasteiger partial charge in [0, 0.05) is 6.61 Å². The lowest BCUT2D eigenvalue weighted by Gasteiger charge is -2.13. The van der Waals surface area contributed by atoms with E-state index in [2.05, 4.69) is 26.1 Å². The van der Waals surface area contributed by atoms with Crippen LogP contribution in [0.2, 0.25) is 0 Å². The third kappa shape index (κ3) is 4.60. The van der Waals surface area contributed by atoms with Crippen molar-refractivity contribution < 1.29 is 23.4 Å². The summed E-state index contributed by atoms with van der Waals surface area (Å²) in [5.74, 6) is 0.576. The molecule has 2 aromatic heterocycles. The van der Waals surface area contributed by atoms with Gasteiger partial charge in [-0.1, -0.05) is 12.1 Å². The van der Waals surface area contributed by atoms with E-state index in [-0.39, 0.29) is 18.6 Å². The first-order valence-corrected chi connectivity index (χ1v) is 10.4. The van der Waals surface area contributed by atoms with E-state index in [9.17, 15) is 4.79 Å². The number of esters is 1. The highest BCUT2D eigenvalue weighted by molar-refractivity contribution is 9.11. The molecule has 7 nitrogen and oxygen atoms in total. The molecule has 1 aliphatic heterocycles. The van der Waals surface area contributed by atoms with Crippen molar-refractivity contribution in [1.29, 1.82) is 0 Å². The Hall–Kier alpha value is -2.23. The molecule has 1 unspecified atom stereocenters. The molecule has 1 saturated heterocycles. The summed E-state index contributed by atoms with van der Waals surface area (Å²) < 4.78 is 23.2. The zero-order valence-electron chi connectivity index (χ0n) is 14.8. The summed E-state index contributed by atoms with van der Waals surface area (Å²) in [5, 5.41) is 7.91. The minimum absolute atomic E-state index is 0.0678. The van der Waals surface area contributed by atoms with E-state index < -0.39 is 5.97 Å². The molecular weight excluding hydrogens is 448 g/mol. The average Bonchev–Trinajstić information content (AvgIpc) is 3.46. The molecule has 0 radical (unpaired) electrons. The van der Waals surface area contributed by atoms with Crippen molar-refractivity contribution in [2.45, 2.75) is 25.6 Å². The van der Waals surface area contributed by atoms with Gasteiger partial charge < -0.3 is 18.6 Å². The molecule has 3 heterocycles. The van der Waals surface area contributed by atoms with Gasteiger partial charge in [0.2, 0.25) is 0 Å². The van der Waals surface area contributed by atoms with Crippen LogP contribution in [0.15, 0.2) is 44.6 Å². The first-order chi connectivity index (χ1) is 13.7. The molecule has 0 amide bonds. The Labute approximate surface area is 173 Å². The number of hydrogen-bond acceptors (Lipinski definition) is 8. The second-order valence-corrected chi connectivity index (χ2v) is 8.59. The molecule has 146 valence electrons. The fraction of sp³-hybridized carbons (Fsp3) is 0.316. The number of ether oxygens (including phenoxy) is 3. The molecule has 1 aromatic carbocycles. The van der Waals surface area contributed by atoms with Crippen molar-refractivity contribution in [2.24, 2.45) is 0 Å². The van der Waals surface area contributed by atoms with Crippen LogP contribution >= 0.6 is 27.3 Å². The van der Waals surface area contributed by atoms with E-state index in [1.165, 1.54) is 11.3 Å². The number of rotatable bonds is 7. The third-order valence-electron chi connectivity index (χ3n) is 4.13. The summed E-state index contributed by atoms with van der Waals surface area (Å²) >= 11 is 4.87. The van der Waals surface area contributed by atoms with E-state index in [0.29, 0.717) is 23.8 Å². The highest BCUT2D eigenvalue weighted by atomic mass is 79.9. The molecule has 1 fully saturated rings. The van der Waals surface area contributed by atoms with Crippen LogP contribution in [0, 0.1) is 0 Å². The Balaban J connectivity index is 1.37. The second kappa shape index (κ2) is 8.85. The van der Waals surface area contributed by atoms with Crippen molar-refractivity contribution in [3.05, 3.63) is 51.6 Å². The van der Waals surface area contributed by atoms with Gasteiger partial charge in [0.25, 0.3) is 11.8 Å². The highest BCUT2D eigenvalue weighted by Gasteiger charge is 2.20. The predicted molar refractivity (Wildman–Crippen MR) is 105 cm³/mol. The molecule has 28 heavy (non-hydrogen) atoms. The summed E-state index contributed by atoms with van der Waals surface area (Å²) in [5.41, 5.74) is 0.349. The van der Waals surface area contributed by atoms with Gasteiger partial charge >= 0.3 is 5.97 Å². The Morgan fingerprint density at radius 1 is 1.25 bits per heavy atom. The fourth-order valence-electron chi connectivity index (χ4n) is 2.77. The summed E-state index contributed by atoms with van der Waals surface area (Å²) in [6.07, 6.45) is 2.07. The molecule has 0 bridgehead atoms. The van der Waals surface area contributed by atoms with Crippen LogP contribution in [-0.2, 0) is 16.1 Å². The topological polar surface area (TPSA) is 83.7 Å². The number of benzene rings is 1. The summed E-state index contributed by atoms with van der Waals surface area (Å²) in [7, 11) is 0. The van der Waals surface area contributed by atoms with Crippen molar-refractivity contribution in [2.75, 3.05) is 13.2 Å². The fourth-order valence-corrected chi connectivity index (χ4v) is 4.07. The van der Waals surface area contributed by atoms with Gasteiger partial charge in [-0.3, -0.25) is 0 Å². The van der Waals surface area contributed by atoms with Gasteiger partial charge in [-0.25, -0.2) is 4.79 Å². The Kier molecular flexibility index (Phi) is 6.04. The quantitative estimate of drug-likeness (QED) is 0.476. The molecule has 4 rings (SSSR count). The first-order valence-electron chi connectivity index (χ1n) is 8.77. The van der Waals surface area contributed by atoms with Gasteiger partial charge in [-0.15, -0.1) is 21.5 Å². The van der Waals surface area contributed by atoms with E-state index in [1.54, 1.807) is 18.2 Å². The summed E-state index contributed by atoms with van der Waals surface area (Å²) in [4.78, 5) is 13.3. The van der Waals surface area contributed by atoms with E-state index in [1.807, 2.05) is 18.2 Å². The molecule has 3 aromatic rings. The third-order valence-corrected chi connectivity index (χ3v) is 5.74. The molecule has 1 atom stereocenters. The lowest BCUT2D eigenvalue weighted by molar-refractivity contribution is 0.0423. The molecule has 9 heteroatoms. The number of carbonyl (C=O) groups is 1. The van der Waals surface area contributed by atoms with Crippen LogP contribution in [0.5, 0.6) is 5.75 Å². The normalized spacial score (nSPS) is 16.2. The van der Waals surface area contributed by atoms with E-state index >= 15 is 0 Å². The molecule has 0 saturated carbocycles. The van der Waals surface area contributed by atoms with Crippen LogP contribution in [0.3, 0.4) is 0 Å². The Morgan fingerprint density at radius 2 is 2.14 bits per heavy atom. The minimum Gasteiger partial charge on any atom is -0.490 e. The van der Waals surface area contributed by atoms with E-state index in [0.717, 1.165) is 28.1 Å². The molecule has 0 aliphatic carbocycles. The smallest absolute Gasteiger partial charge is 0.342 e. The van der Waals surface area contributed by atoms with Gasteiger partial charge in [-0.2, -0.15) is 0 Å². The Bertz CT molecular complexity index is 951. The maximum absolute atomic E-state index is 12.5. The zero-order chi connectivity index (χ0) is 19.3. The van der Waals surface area contributed by atoms with Crippen LogP contribution in [-0.4, -0.2) is 35.5 Å². The van der Waals surface area contributed by atoms with Gasteiger partial charge in [0.15, 0.2) is 6.61 Å². The first kappa shape index (κ1) is 19.1. The lowest BCUT2D eigenvalue weighted by Crippen LogP contribution is -2.17. The number of carbonyl (C=O) groups excluding carboxylic acids is 1. The van der Waals surface area contributed by atoms with Crippen LogP contribution in [0.1, 0.15) is 29.1 Å². The molecular formula is C19H17BrN2O5S. The number of nitrogens with zero attached hydrogens (tertiary/aromatic N) is 2. The zero-order valence-corrected chi connectivity index (χ0v) is 17.2. The van der Waals surface area contributed by atoms with Gasteiger partial charge in [0.05, 0.1) is 14.8 Å². The monoisotopic (exact) mass is 464 g/mol. The van der Waals surface area contributed by atoms with Crippen LogP contribution in [0.25, 0.3) is 10.8 Å². The maximum Gasteiger partial charge on any atom is 0.342 e. The van der Waals surface area contributed by atoms with Crippen molar-refractivity contribution in [3.63, 3.8) is 0 Å². The number of halogens is 1. The van der Waals surface area contributed by atoms with Crippen molar-refractivity contribution >= 4 is 33.2 Å². The van der Waals surface area contributed by atoms with Gasteiger partial charge in [-0.05, 0) is 53.0 Å². The van der Waals surface area contributed by atoms with Crippen LogP contribution in [0.4, 0.5) is 0 Å². The maximum atomic E-state index is 12.5. The summed E-state index contributed by atoms with van der Waals surface area (Å²) in [6.45, 7) is 1.05. The molecule has 1 aliphatic rings.